The number of carbonyl (C=O) groups is 1. The van der Waals surface area contributed by atoms with Crippen LogP contribution in [-0.4, -0.2) is 20.8 Å². The molecular weight excluding hydrogens is 328 g/mol. The third kappa shape index (κ3) is 3.77. The first-order valence-electron chi connectivity index (χ1n) is 7.39. The summed E-state index contributed by atoms with van der Waals surface area (Å²) in [6.45, 7) is 3.95. The van der Waals surface area contributed by atoms with Crippen molar-refractivity contribution in [3.63, 3.8) is 0 Å². The Morgan fingerprint density at radius 2 is 2.12 bits per heavy atom. The molecule has 0 aliphatic heterocycles. The van der Waals surface area contributed by atoms with E-state index in [0.717, 1.165) is 10.6 Å². The number of nitrogens with zero attached hydrogens (tertiary/aromatic N) is 3. The maximum atomic E-state index is 11.9. The Hall–Kier alpha value is -2.74. The van der Waals surface area contributed by atoms with Gasteiger partial charge in [-0.2, -0.15) is 5.10 Å². The highest BCUT2D eigenvalue weighted by molar-refractivity contribution is 7.15. The zero-order valence-electron chi connectivity index (χ0n) is 13.3. The number of aryl methyl sites for hydroxylation is 3. The fourth-order valence-electron chi connectivity index (χ4n) is 2.15. The molecule has 0 aromatic carbocycles. The number of rotatable bonds is 5. The van der Waals surface area contributed by atoms with Crippen LogP contribution in [0.2, 0.25) is 0 Å². The SMILES string of the molecule is Cc1cc(NC(=O)CCn2nc(-c3ccc(C)s3)ccc2=O)no1. The standard InChI is InChI=1S/C16H16N4O3S/c1-10-9-14(19-23-10)17-15(21)7-8-20-16(22)6-4-12(18-20)13-5-3-11(2)24-13/h3-6,9H,7-8H2,1-2H3,(H,17,19,21). The van der Waals surface area contributed by atoms with Crippen LogP contribution in [0.4, 0.5) is 5.82 Å². The van der Waals surface area contributed by atoms with Crippen molar-refractivity contribution in [1.82, 2.24) is 14.9 Å². The average Bonchev–Trinajstić information content (AvgIpc) is 3.15. The van der Waals surface area contributed by atoms with Gasteiger partial charge in [-0.15, -0.1) is 11.3 Å². The zero-order valence-corrected chi connectivity index (χ0v) is 14.1. The van der Waals surface area contributed by atoms with E-state index in [1.807, 2.05) is 19.1 Å². The molecule has 0 aliphatic rings. The van der Waals surface area contributed by atoms with Crippen molar-refractivity contribution in [2.75, 3.05) is 5.32 Å². The summed E-state index contributed by atoms with van der Waals surface area (Å²) in [7, 11) is 0. The second-order valence-electron chi connectivity index (χ2n) is 5.31. The van der Waals surface area contributed by atoms with Crippen LogP contribution >= 0.6 is 11.3 Å². The van der Waals surface area contributed by atoms with Crippen LogP contribution in [0.25, 0.3) is 10.6 Å². The lowest BCUT2D eigenvalue weighted by Gasteiger charge is -2.06. The van der Waals surface area contributed by atoms with Crippen molar-refractivity contribution in [1.29, 1.82) is 0 Å². The molecule has 0 atom stereocenters. The van der Waals surface area contributed by atoms with Gasteiger partial charge >= 0.3 is 0 Å². The first kappa shape index (κ1) is 16.1. The quantitative estimate of drug-likeness (QED) is 0.768. The molecule has 0 unspecified atom stereocenters. The van der Waals surface area contributed by atoms with Gasteiger partial charge < -0.3 is 9.84 Å². The summed E-state index contributed by atoms with van der Waals surface area (Å²) in [5, 5.41) is 10.7. The molecule has 3 aromatic rings. The van der Waals surface area contributed by atoms with Gasteiger partial charge in [-0.1, -0.05) is 5.16 Å². The summed E-state index contributed by atoms with van der Waals surface area (Å²) in [5.41, 5.74) is 0.484. The Morgan fingerprint density at radius 1 is 1.29 bits per heavy atom. The summed E-state index contributed by atoms with van der Waals surface area (Å²) in [4.78, 5) is 26.0. The Kier molecular flexibility index (Phi) is 4.57. The molecule has 24 heavy (non-hydrogen) atoms. The van der Waals surface area contributed by atoms with E-state index in [1.54, 1.807) is 30.4 Å². The van der Waals surface area contributed by atoms with Crippen LogP contribution < -0.4 is 10.9 Å². The van der Waals surface area contributed by atoms with Crippen molar-refractivity contribution in [2.24, 2.45) is 0 Å². The van der Waals surface area contributed by atoms with E-state index >= 15 is 0 Å². The summed E-state index contributed by atoms with van der Waals surface area (Å²) in [5.74, 6) is 0.720. The van der Waals surface area contributed by atoms with Gasteiger partial charge in [0.2, 0.25) is 5.91 Å². The van der Waals surface area contributed by atoms with Crippen LogP contribution in [0.5, 0.6) is 0 Å². The van der Waals surface area contributed by atoms with Crippen molar-refractivity contribution >= 4 is 23.1 Å². The predicted octanol–water partition coefficient (Wildman–Crippen LogP) is 2.61. The molecule has 0 saturated carbocycles. The van der Waals surface area contributed by atoms with E-state index in [4.69, 9.17) is 4.52 Å². The Morgan fingerprint density at radius 3 is 2.79 bits per heavy atom. The third-order valence-electron chi connectivity index (χ3n) is 3.31. The molecule has 0 bridgehead atoms. The zero-order chi connectivity index (χ0) is 17.1. The smallest absolute Gasteiger partial charge is 0.266 e. The lowest BCUT2D eigenvalue weighted by Crippen LogP contribution is -2.25. The van der Waals surface area contributed by atoms with Gasteiger partial charge in [0.15, 0.2) is 5.82 Å². The minimum atomic E-state index is -0.255. The topological polar surface area (TPSA) is 90.0 Å². The van der Waals surface area contributed by atoms with Crippen LogP contribution in [-0.2, 0) is 11.3 Å². The molecule has 0 fully saturated rings. The molecule has 3 aromatic heterocycles. The van der Waals surface area contributed by atoms with Crippen LogP contribution in [0.15, 0.2) is 39.6 Å². The summed E-state index contributed by atoms with van der Waals surface area (Å²) in [6, 6.07) is 8.77. The monoisotopic (exact) mass is 344 g/mol. The number of thiophene rings is 1. The lowest BCUT2D eigenvalue weighted by molar-refractivity contribution is -0.116. The van der Waals surface area contributed by atoms with Crippen molar-refractivity contribution in [3.8, 4) is 10.6 Å². The Bertz CT molecular complexity index is 925. The predicted molar refractivity (Wildman–Crippen MR) is 91.0 cm³/mol. The highest BCUT2D eigenvalue weighted by Gasteiger charge is 2.09. The number of aromatic nitrogens is 3. The fraction of sp³-hybridized carbons (Fsp3) is 0.250. The van der Waals surface area contributed by atoms with E-state index in [-0.39, 0.29) is 24.4 Å². The first-order chi connectivity index (χ1) is 11.5. The fourth-order valence-corrected chi connectivity index (χ4v) is 2.98. The average molecular weight is 344 g/mol. The molecule has 0 spiro atoms. The maximum Gasteiger partial charge on any atom is 0.266 e. The number of amides is 1. The normalized spacial score (nSPS) is 10.8. The molecule has 3 rings (SSSR count). The van der Waals surface area contributed by atoms with E-state index in [1.165, 1.54) is 15.6 Å². The van der Waals surface area contributed by atoms with Gasteiger partial charge in [-0.25, -0.2) is 4.68 Å². The second kappa shape index (κ2) is 6.79. The molecule has 1 amide bonds. The van der Waals surface area contributed by atoms with Gasteiger partial charge in [-0.3, -0.25) is 9.59 Å². The number of anilines is 1. The molecule has 124 valence electrons. The summed E-state index contributed by atoms with van der Waals surface area (Å²) in [6.07, 6.45) is 0.117. The molecule has 0 aliphatic carbocycles. The number of hydrogen-bond donors (Lipinski definition) is 1. The highest BCUT2D eigenvalue weighted by Crippen LogP contribution is 2.24. The van der Waals surface area contributed by atoms with Crippen molar-refractivity contribution in [2.45, 2.75) is 26.8 Å². The third-order valence-corrected chi connectivity index (χ3v) is 4.33. The van der Waals surface area contributed by atoms with Crippen molar-refractivity contribution < 1.29 is 9.32 Å². The highest BCUT2D eigenvalue weighted by atomic mass is 32.1. The largest absolute Gasteiger partial charge is 0.360 e. The van der Waals surface area contributed by atoms with Crippen LogP contribution in [0, 0.1) is 13.8 Å². The van der Waals surface area contributed by atoms with Crippen LogP contribution in [0.1, 0.15) is 17.1 Å². The second-order valence-corrected chi connectivity index (χ2v) is 6.60. The summed E-state index contributed by atoms with van der Waals surface area (Å²) >= 11 is 1.61. The molecule has 8 heteroatoms. The van der Waals surface area contributed by atoms with E-state index in [0.29, 0.717) is 11.6 Å². The minimum Gasteiger partial charge on any atom is -0.360 e. The Balaban J connectivity index is 1.68. The molecule has 7 nitrogen and oxygen atoms in total. The van der Waals surface area contributed by atoms with Gasteiger partial charge in [0.05, 0.1) is 11.4 Å². The molecule has 0 saturated heterocycles. The first-order valence-corrected chi connectivity index (χ1v) is 8.21. The minimum absolute atomic E-state index is 0.117. The molecule has 1 N–H and O–H groups in total. The number of carbonyl (C=O) groups excluding carboxylic acids is 1. The maximum absolute atomic E-state index is 11.9. The van der Waals surface area contributed by atoms with Gasteiger partial charge in [0, 0.05) is 23.4 Å². The number of nitrogens with one attached hydrogen (secondary N) is 1. The molecule has 3 heterocycles. The lowest BCUT2D eigenvalue weighted by atomic mass is 10.3. The summed E-state index contributed by atoms with van der Waals surface area (Å²) < 4.78 is 6.19. The van der Waals surface area contributed by atoms with E-state index < -0.39 is 0 Å². The van der Waals surface area contributed by atoms with Crippen LogP contribution in [0.3, 0.4) is 0 Å². The van der Waals surface area contributed by atoms with Gasteiger partial charge in [0.25, 0.3) is 5.56 Å². The Labute approximate surface area is 141 Å². The van der Waals surface area contributed by atoms with E-state index in [9.17, 15) is 9.59 Å². The van der Waals surface area contributed by atoms with Gasteiger partial charge in [0.1, 0.15) is 11.5 Å². The van der Waals surface area contributed by atoms with E-state index in [2.05, 4.69) is 15.6 Å². The van der Waals surface area contributed by atoms with Crippen molar-refractivity contribution in [3.05, 3.63) is 51.3 Å². The molecular formula is C16H16N4O3S. The number of hydrogen-bond acceptors (Lipinski definition) is 6. The van der Waals surface area contributed by atoms with Gasteiger partial charge in [-0.05, 0) is 32.0 Å². The molecule has 0 radical (unpaired) electrons.